The first-order valence-corrected chi connectivity index (χ1v) is 9.16. The normalized spacial score (nSPS) is 12.6. The van der Waals surface area contributed by atoms with E-state index >= 15 is 0 Å². The molecule has 0 spiro atoms. The highest BCUT2D eigenvalue weighted by Crippen LogP contribution is 2.17. The maximum absolute atomic E-state index is 12.7. The van der Waals surface area contributed by atoms with Gasteiger partial charge in [-0.05, 0) is 43.7 Å². The Bertz CT molecular complexity index is 1240. The van der Waals surface area contributed by atoms with Crippen LogP contribution < -0.4 is 16.7 Å². The van der Waals surface area contributed by atoms with Gasteiger partial charge in [0.15, 0.2) is 11.2 Å². The lowest BCUT2D eigenvalue weighted by Gasteiger charge is -2.08. The van der Waals surface area contributed by atoms with Crippen LogP contribution in [0, 0.1) is 0 Å². The molecule has 0 bridgehead atoms. The van der Waals surface area contributed by atoms with Crippen molar-refractivity contribution >= 4 is 34.4 Å². The number of anilines is 1. The Labute approximate surface area is 171 Å². The summed E-state index contributed by atoms with van der Waals surface area (Å²) in [4.78, 5) is 29.4. The van der Waals surface area contributed by atoms with Crippen molar-refractivity contribution < 1.29 is 5.11 Å². The zero-order valence-corrected chi connectivity index (χ0v) is 17.2. The molecule has 9 nitrogen and oxygen atoms in total. The molecule has 0 aliphatic rings. The van der Waals surface area contributed by atoms with Crippen molar-refractivity contribution in [2.24, 2.45) is 19.2 Å². The number of aryl methyl sites for hydroxylation is 1. The van der Waals surface area contributed by atoms with Crippen LogP contribution in [0.15, 0.2) is 50.1 Å². The van der Waals surface area contributed by atoms with Crippen molar-refractivity contribution in [3.63, 3.8) is 0 Å². The second-order valence-electron chi connectivity index (χ2n) is 6.57. The molecule has 10 heteroatoms. The molecule has 2 aromatic heterocycles. The predicted octanol–water partition coefficient (Wildman–Crippen LogP) is 2.12. The number of phenolic OH excluding ortho intramolecular Hbond substituents is 1. The zero-order valence-electron chi connectivity index (χ0n) is 16.5. The number of hydrogen-bond donors (Lipinski definition) is 2. The minimum absolute atomic E-state index is 0.163. The minimum Gasteiger partial charge on any atom is -0.508 e. The van der Waals surface area contributed by atoms with Gasteiger partial charge in [0, 0.05) is 25.7 Å². The minimum atomic E-state index is -0.466. The fourth-order valence-corrected chi connectivity index (χ4v) is 2.90. The van der Waals surface area contributed by atoms with Crippen molar-refractivity contribution in [1.29, 1.82) is 0 Å². The van der Waals surface area contributed by atoms with Gasteiger partial charge in [0.25, 0.3) is 5.56 Å². The Morgan fingerprint density at radius 1 is 1.21 bits per heavy atom. The van der Waals surface area contributed by atoms with Crippen LogP contribution in [0.5, 0.6) is 5.75 Å². The summed E-state index contributed by atoms with van der Waals surface area (Å²) in [6.07, 6.45) is 1.73. The Morgan fingerprint density at radius 3 is 2.48 bits per heavy atom. The SMILES string of the molecule is C/C(Cl)=C\Cn1c(N/N=C(\C)c2ccc(O)cc2)nc2c1c(=O)n(C)c(=O)n2C. The van der Waals surface area contributed by atoms with Crippen LogP contribution in [-0.2, 0) is 20.6 Å². The number of aromatic nitrogens is 4. The standard InChI is InChI=1S/C19H21ClN6O3/c1-11(20)9-10-26-15-16(24(3)19(29)25(4)17(15)28)21-18(26)23-22-12(2)13-5-7-14(27)8-6-13/h5-9,27H,10H2,1-4H3,(H,21,23)/b11-9+,22-12+. The van der Waals surface area contributed by atoms with Crippen molar-refractivity contribution in [1.82, 2.24) is 18.7 Å². The van der Waals surface area contributed by atoms with Crippen molar-refractivity contribution in [3.05, 3.63) is 61.8 Å². The van der Waals surface area contributed by atoms with Crippen LogP contribution in [0.25, 0.3) is 11.2 Å². The van der Waals surface area contributed by atoms with Crippen LogP contribution in [0.3, 0.4) is 0 Å². The molecule has 2 heterocycles. The second-order valence-corrected chi connectivity index (χ2v) is 7.17. The van der Waals surface area contributed by atoms with Gasteiger partial charge in [-0.25, -0.2) is 10.2 Å². The molecule has 152 valence electrons. The average Bonchev–Trinajstić information content (AvgIpc) is 3.06. The number of nitrogens with zero attached hydrogens (tertiary/aromatic N) is 5. The summed E-state index contributed by atoms with van der Waals surface area (Å²) in [5.41, 5.74) is 3.92. The van der Waals surface area contributed by atoms with E-state index in [0.29, 0.717) is 16.7 Å². The molecule has 0 amide bonds. The molecule has 0 saturated heterocycles. The molecule has 0 aliphatic carbocycles. The molecule has 0 saturated carbocycles. The van der Waals surface area contributed by atoms with Crippen LogP contribution in [0.1, 0.15) is 19.4 Å². The van der Waals surface area contributed by atoms with Crippen LogP contribution in [0.2, 0.25) is 0 Å². The van der Waals surface area contributed by atoms with Crippen molar-refractivity contribution in [2.45, 2.75) is 20.4 Å². The fourth-order valence-electron chi connectivity index (χ4n) is 2.83. The molecule has 1 aromatic carbocycles. The molecule has 0 aliphatic heterocycles. The molecule has 0 fully saturated rings. The van der Waals surface area contributed by atoms with E-state index in [1.807, 2.05) is 0 Å². The van der Waals surface area contributed by atoms with Gasteiger partial charge in [0.1, 0.15) is 5.75 Å². The topological polar surface area (TPSA) is 106 Å². The number of rotatable bonds is 5. The van der Waals surface area contributed by atoms with Gasteiger partial charge < -0.3 is 5.11 Å². The lowest BCUT2D eigenvalue weighted by atomic mass is 10.1. The van der Waals surface area contributed by atoms with Gasteiger partial charge in [-0.2, -0.15) is 10.1 Å². The third-order valence-corrected chi connectivity index (χ3v) is 4.67. The van der Waals surface area contributed by atoms with Gasteiger partial charge in [-0.3, -0.25) is 18.5 Å². The maximum Gasteiger partial charge on any atom is 0.332 e. The number of hydrazone groups is 1. The lowest BCUT2D eigenvalue weighted by Crippen LogP contribution is -2.37. The summed E-state index contributed by atoms with van der Waals surface area (Å²) in [5, 5.41) is 14.3. The van der Waals surface area contributed by atoms with Crippen LogP contribution in [0.4, 0.5) is 5.95 Å². The fraction of sp³-hybridized carbons (Fsp3) is 0.263. The van der Waals surface area contributed by atoms with Crippen LogP contribution in [-0.4, -0.2) is 29.5 Å². The summed E-state index contributed by atoms with van der Waals surface area (Å²) in [7, 11) is 2.98. The predicted molar refractivity (Wildman–Crippen MR) is 114 cm³/mol. The third-order valence-electron chi connectivity index (χ3n) is 4.51. The Kier molecular flexibility index (Phi) is 5.60. The molecular weight excluding hydrogens is 396 g/mol. The Balaban J connectivity index is 2.13. The second kappa shape index (κ2) is 7.96. The van der Waals surface area contributed by atoms with E-state index in [1.54, 1.807) is 55.8 Å². The quantitative estimate of drug-likeness (QED) is 0.489. The highest BCUT2D eigenvalue weighted by Gasteiger charge is 2.18. The van der Waals surface area contributed by atoms with E-state index in [-0.39, 0.29) is 23.5 Å². The van der Waals surface area contributed by atoms with Gasteiger partial charge in [-0.1, -0.05) is 17.7 Å². The van der Waals surface area contributed by atoms with Gasteiger partial charge in [0.2, 0.25) is 5.95 Å². The maximum atomic E-state index is 12.7. The first-order chi connectivity index (χ1) is 13.7. The number of hydrogen-bond acceptors (Lipinski definition) is 6. The zero-order chi connectivity index (χ0) is 21.3. The molecule has 0 unspecified atom stereocenters. The Hall–Kier alpha value is -3.33. The summed E-state index contributed by atoms with van der Waals surface area (Å²) in [6.45, 7) is 3.80. The summed E-state index contributed by atoms with van der Waals surface area (Å²) >= 11 is 5.97. The van der Waals surface area contributed by atoms with E-state index in [2.05, 4.69) is 15.5 Å². The number of aromatic hydroxyl groups is 1. The monoisotopic (exact) mass is 416 g/mol. The molecule has 3 rings (SSSR count). The number of nitrogens with one attached hydrogen (secondary N) is 1. The molecule has 3 aromatic rings. The van der Waals surface area contributed by atoms with Crippen LogP contribution >= 0.6 is 11.6 Å². The molecule has 2 N–H and O–H groups in total. The summed E-state index contributed by atoms with van der Waals surface area (Å²) < 4.78 is 3.97. The molecule has 29 heavy (non-hydrogen) atoms. The highest BCUT2D eigenvalue weighted by molar-refractivity contribution is 6.29. The van der Waals surface area contributed by atoms with Gasteiger partial charge >= 0.3 is 5.69 Å². The van der Waals surface area contributed by atoms with Gasteiger partial charge in [0.05, 0.1) is 5.71 Å². The molecule has 0 radical (unpaired) electrons. The lowest BCUT2D eigenvalue weighted by molar-refractivity contribution is 0.475. The smallest absolute Gasteiger partial charge is 0.332 e. The van der Waals surface area contributed by atoms with E-state index in [9.17, 15) is 14.7 Å². The first-order valence-electron chi connectivity index (χ1n) is 8.79. The van der Waals surface area contributed by atoms with Gasteiger partial charge in [-0.15, -0.1) is 0 Å². The van der Waals surface area contributed by atoms with E-state index < -0.39 is 11.2 Å². The largest absolute Gasteiger partial charge is 0.508 e. The number of halogens is 1. The average molecular weight is 417 g/mol. The highest BCUT2D eigenvalue weighted by atomic mass is 35.5. The summed E-state index contributed by atoms with van der Waals surface area (Å²) in [6, 6.07) is 6.60. The number of phenols is 1. The van der Waals surface area contributed by atoms with Crippen molar-refractivity contribution in [2.75, 3.05) is 5.43 Å². The molecule has 0 atom stereocenters. The summed E-state index contributed by atoms with van der Waals surface area (Å²) in [5.74, 6) is 0.460. The number of allylic oxidation sites excluding steroid dienone is 2. The van der Waals surface area contributed by atoms with Crippen molar-refractivity contribution in [3.8, 4) is 5.75 Å². The number of fused-ring (bicyclic) bond motifs is 1. The number of imidazole rings is 1. The Morgan fingerprint density at radius 2 is 1.86 bits per heavy atom. The van der Waals surface area contributed by atoms with E-state index in [4.69, 9.17) is 11.6 Å². The van der Waals surface area contributed by atoms with E-state index in [0.717, 1.165) is 10.1 Å². The van der Waals surface area contributed by atoms with E-state index in [1.165, 1.54) is 11.6 Å². The first kappa shape index (κ1) is 20.4. The number of benzene rings is 1. The molecular formula is C19H21ClN6O3. The third kappa shape index (κ3) is 3.95.